The molecular formula is C14H20N5O8P. The van der Waals surface area contributed by atoms with E-state index in [1.807, 2.05) is 4.98 Å². The van der Waals surface area contributed by atoms with Crippen LogP contribution in [0.15, 0.2) is 38.9 Å². The van der Waals surface area contributed by atoms with Gasteiger partial charge in [-0.3, -0.25) is 18.9 Å². The van der Waals surface area contributed by atoms with Crippen LogP contribution >= 0.6 is 7.60 Å². The van der Waals surface area contributed by atoms with E-state index >= 15 is 0 Å². The molecule has 0 aromatic carbocycles. The average Bonchev–Trinajstić information content (AvgIpc) is 2.87. The molecule has 1 aromatic rings. The number of aromatic amines is 1. The molecule has 1 aliphatic rings. The highest BCUT2D eigenvalue weighted by Gasteiger charge is 2.54. The zero-order chi connectivity index (χ0) is 20.9. The molecule has 4 atom stereocenters. The van der Waals surface area contributed by atoms with Crippen molar-refractivity contribution in [1.29, 1.82) is 0 Å². The van der Waals surface area contributed by atoms with Gasteiger partial charge in [0.25, 0.3) is 5.56 Å². The minimum absolute atomic E-state index is 0.0531. The van der Waals surface area contributed by atoms with Crippen molar-refractivity contribution >= 4 is 7.60 Å². The summed E-state index contributed by atoms with van der Waals surface area (Å²) in [6, 6.07) is 1.01. The third-order valence-corrected chi connectivity index (χ3v) is 5.54. The summed E-state index contributed by atoms with van der Waals surface area (Å²) in [5, 5.41) is 24.1. The van der Waals surface area contributed by atoms with Gasteiger partial charge in [0.15, 0.2) is 12.0 Å². The number of aliphatic hydroxyl groups excluding tert-OH is 2. The van der Waals surface area contributed by atoms with Crippen molar-refractivity contribution in [2.24, 2.45) is 5.11 Å². The van der Waals surface area contributed by atoms with E-state index < -0.39 is 43.0 Å². The fraction of sp³-hybridized carbons (Fsp3) is 0.571. The molecule has 3 N–H and O–H groups in total. The van der Waals surface area contributed by atoms with Gasteiger partial charge in [0.05, 0.1) is 13.2 Å². The van der Waals surface area contributed by atoms with E-state index in [1.54, 1.807) is 13.8 Å². The molecule has 1 saturated heterocycles. The maximum absolute atomic E-state index is 12.6. The Morgan fingerprint density at radius 1 is 1.43 bits per heavy atom. The van der Waals surface area contributed by atoms with E-state index in [0.717, 1.165) is 28.7 Å². The van der Waals surface area contributed by atoms with Gasteiger partial charge in [-0.15, -0.1) is 0 Å². The molecule has 2 heterocycles. The molecule has 28 heavy (non-hydrogen) atoms. The number of azide groups is 1. The number of H-pyrrole nitrogens is 1. The molecule has 0 amide bonds. The Kier molecular flexibility index (Phi) is 6.96. The van der Waals surface area contributed by atoms with E-state index in [-0.39, 0.29) is 13.2 Å². The van der Waals surface area contributed by atoms with Gasteiger partial charge in [0.1, 0.15) is 12.2 Å². The number of nitrogens with zero attached hydrogens (tertiary/aromatic N) is 4. The second-order valence-corrected chi connectivity index (χ2v) is 7.49. The van der Waals surface area contributed by atoms with E-state index in [4.69, 9.17) is 19.3 Å². The standard InChI is InChI=1S/C14H20N5O8P/c1-3-25-28(24,26-4-2)8-6-14(17-18-15)11(22)10(21)12(27-14)19-7-5-9(20)16-13(19)23/h5-8,10-12,21-22H,3-4H2,1-2H3,(H,16,20,23)/t10-,11+,12-,14-/m1/s1. The fourth-order valence-corrected chi connectivity index (χ4v) is 3.95. The number of hydrogen-bond donors (Lipinski definition) is 3. The molecule has 0 spiro atoms. The molecular weight excluding hydrogens is 397 g/mol. The van der Waals surface area contributed by atoms with Gasteiger partial charge in [0.2, 0.25) is 0 Å². The molecule has 2 rings (SSSR count). The molecule has 1 aliphatic heterocycles. The molecule has 0 bridgehead atoms. The van der Waals surface area contributed by atoms with Crippen molar-refractivity contribution < 1.29 is 28.6 Å². The summed E-state index contributed by atoms with van der Waals surface area (Å²) in [4.78, 5) is 27.7. The number of aromatic nitrogens is 2. The van der Waals surface area contributed by atoms with E-state index in [9.17, 15) is 24.4 Å². The molecule has 0 saturated carbocycles. The summed E-state index contributed by atoms with van der Waals surface area (Å²) in [6.07, 6.45) is -3.07. The molecule has 1 aromatic heterocycles. The third kappa shape index (κ3) is 4.42. The van der Waals surface area contributed by atoms with E-state index in [2.05, 4.69) is 10.0 Å². The van der Waals surface area contributed by atoms with Crippen molar-refractivity contribution in [3.63, 3.8) is 0 Å². The maximum atomic E-state index is 12.6. The first kappa shape index (κ1) is 22.1. The largest absolute Gasteiger partial charge is 0.387 e. The Hall–Kier alpha value is -2.24. The van der Waals surface area contributed by atoms with E-state index in [1.165, 1.54) is 0 Å². The highest BCUT2D eigenvalue weighted by atomic mass is 31.2. The van der Waals surface area contributed by atoms with Crippen LogP contribution in [0.1, 0.15) is 20.1 Å². The first-order valence-electron chi connectivity index (χ1n) is 8.22. The summed E-state index contributed by atoms with van der Waals surface area (Å²) in [5.74, 6) is 0.947. The minimum Gasteiger partial charge on any atom is -0.387 e. The minimum atomic E-state index is -3.74. The number of hydrogen-bond acceptors (Lipinski definition) is 9. The van der Waals surface area contributed by atoms with Gasteiger partial charge < -0.3 is 24.0 Å². The first-order chi connectivity index (χ1) is 13.2. The van der Waals surface area contributed by atoms with E-state index in [0.29, 0.717) is 0 Å². The van der Waals surface area contributed by atoms with Crippen LogP contribution in [0.3, 0.4) is 0 Å². The van der Waals surface area contributed by atoms with Crippen LogP contribution in [0, 0.1) is 0 Å². The molecule has 154 valence electrons. The summed E-state index contributed by atoms with van der Waals surface area (Å²) in [6.45, 7) is 3.28. The van der Waals surface area contributed by atoms with Gasteiger partial charge in [0, 0.05) is 23.0 Å². The monoisotopic (exact) mass is 417 g/mol. The summed E-state index contributed by atoms with van der Waals surface area (Å²) < 4.78 is 29.0. The van der Waals surface area contributed by atoms with Crippen LogP contribution in [0.2, 0.25) is 0 Å². The Morgan fingerprint density at radius 3 is 2.61 bits per heavy atom. The van der Waals surface area contributed by atoms with Crippen LogP contribution < -0.4 is 11.2 Å². The summed E-state index contributed by atoms with van der Waals surface area (Å²) in [5.41, 5.74) is 5.08. The Morgan fingerprint density at radius 2 is 2.07 bits per heavy atom. The highest BCUT2D eigenvalue weighted by Crippen LogP contribution is 2.51. The first-order valence-corrected chi connectivity index (χ1v) is 9.84. The van der Waals surface area contributed by atoms with Crippen LogP contribution in [0.25, 0.3) is 10.4 Å². The van der Waals surface area contributed by atoms with Crippen molar-refractivity contribution in [3.05, 3.63) is 55.4 Å². The lowest BCUT2D eigenvalue weighted by Gasteiger charge is -2.23. The quantitative estimate of drug-likeness (QED) is 0.237. The summed E-state index contributed by atoms with van der Waals surface area (Å²) in [7, 11) is -3.74. The van der Waals surface area contributed by atoms with Crippen LogP contribution in [0.4, 0.5) is 0 Å². The predicted molar refractivity (Wildman–Crippen MR) is 95.3 cm³/mol. The van der Waals surface area contributed by atoms with Gasteiger partial charge in [-0.2, -0.15) is 0 Å². The van der Waals surface area contributed by atoms with Crippen molar-refractivity contribution in [1.82, 2.24) is 9.55 Å². The topological polar surface area (TPSA) is 189 Å². The molecule has 13 nitrogen and oxygen atoms in total. The van der Waals surface area contributed by atoms with Crippen molar-refractivity contribution in [2.45, 2.75) is 38.0 Å². The number of ether oxygens (including phenoxy) is 1. The summed E-state index contributed by atoms with van der Waals surface area (Å²) >= 11 is 0. The predicted octanol–water partition coefficient (Wildman–Crippen LogP) is 0.574. The number of nitrogens with one attached hydrogen (secondary N) is 1. The van der Waals surface area contributed by atoms with Crippen molar-refractivity contribution in [3.8, 4) is 0 Å². The molecule has 0 unspecified atom stereocenters. The zero-order valence-electron chi connectivity index (χ0n) is 15.0. The lowest BCUT2D eigenvalue weighted by atomic mass is 10.1. The normalized spacial score (nSPS) is 27.8. The third-order valence-electron chi connectivity index (χ3n) is 3.79. The molecule has 14 heteroatoms. The molecule has 0 radical (unpaired) electrons. The van der Waals surface area contributed by atoms with Gasteiger partial charge >= 0.3 is 13.3 Å². The van der Waals surface area contributed by atoms with Crippen LogP contribution in [-0.2, 0) is 18.3 Å². The smallest absolute Gasteiger partial charge is 0.353 e. The highest BCUT2D eigenvalue weighted by molar-refractivity contribution is 7.57. The second kappa shape index (κ2) is 8.84. The lowest BCUT2D eigenvalue weighted by molar-refractivity contribution is -0.0730. The van der Waals surface area contributed by atoms with Crippen LogP contribution in [-0.4, -0.2) is 50.9 Å². The maximum Gasteiger partial charge on any atom is 0.353 e. The average molecular weight is 417 g/mol. The Balaban J connectivity index is 2.47. The Labute approximate surface area is 158 Å². The second-order valence-electron chi connectivity index (χ2n) is 5.59. The fourth-order valence-electron chi connectivity index (χ4n) is 2.59. The van der Waals surface area contributed by atoms with Gasteiger partial charge in [-0.1, -0.05) is 5.11 Å². The Bertz CT molecular complexity index is 928. The van der Waals surface area contributed by atoms with Gasteiger partial charge in [-0.25, -0.2) is 4.79 Å². The molecule has 0 aliphatic carbocycles. The van der Waals surface area contributed by atoms with Crippen LogP contribution in [0.5, 0.6) is 0 Å². The number of aliphatic hydroxyl groups is 2. The zero-order valence-corrected chi connectivity index (χ0v) is 15.9. The number of rotatable bonds is 8. The van der Waals surface area contributed by atoms with Crippen molar-refractivity contribution in [2.75, 3.05) is 13.2 Å². The molecule has 1 fully saturated rings. The van der Waals surface area contributed by atoms with Gasteiger partial charge in [-0.05, 0) is 25.5 Å². The lowest BCUT2D eigenvalue weighted by Crippen LogP contribution is -2.40. The SMILES string of the molecule is CCOP(=O)(C=C[C@@]1(N=[N+]=[N-])O[C@@H](n2ccc(=O)[nH]c2=O)[C@H](O)[C@@H]1O)OCC.